The summed E-state index contributed by atoms with van der Waals surface area (Å²) in [5.74, 6) is -3.98. The molecule has 4 nitrogen and oxygen atoms in total. The van der Waals surface area contributed by atoms with Crippen molar-refractivity contribution in [2.75, 3.05) is 7.11 Å². The Hall–Kier alpha value is -1.40. The van der Waals surface area contributed by atoms with Crippen molar-refractivity contribution in [1.82, 2.24) is 0 Å². The fraction of sp³-hybridized carbons (Fsp3) is 0.400. The highest BCUT2D eigenvalue weighted by molar-refractivity contribution is 5.44. The average molecular weight is 233 g/mol. The molecule has 0 aromatic heterocycles. The molecule has 90 valence electrons. The second-order valence-electron chi connectivity index (χ2n) is 3.45. The van der Waals surface area contributed by atoms with Crippen LogP contribution in [0.15, 0.2) is 6.07 Å². The van der Waals surface area contributed by atoms with Gasteiger partial charge in [-0.2, -0.15) is 4.39 Å². The molecule has 16 heavy (non-hydrogen) atoms. The number of aliphatic hydroxyl groups is 1. The van der Waals surface area contributed by atoms with Gasteiger partial charge in [-0.05, 0) is 13.0 Å². The molecular formula is C10H13F2NO3. The first-order chi connectivity index (χ1) is 7.40. The van der Waals surface area contributed by atoms with Gasteiger partial charge in [0.15, 0.2) is 17.3 Å². The number of nitrogens with two attached hydrogens (primary N) is 1. The van der Waals surface area contributed by atoms with Crippen LogP contribution in [0.5, 0.6) is 11.5 Å². The molecule has 2 atom stereocenters. The van der Waals surface area contributed by atoms with Gasteiger partial charge in [-0.15, -0.1) is 0 Å². The lowest BCUT2D eigenvalue weighted by atomic mass is 10.0. The molecule has 4 N–H and O–H groups in total. The molecule has 0 fully saturated rings. The molecule has 0 saturated heterocycles. The number of aromatic hydroxyl groups is 1. The first kappa shape index (κ1) is 12.7. The summed E-state index contributed by atoms with van der Waals surface area (Å²) in [5, 5.41) is 18.6. The molecule has 1 aromatic rings. The first-order valence-electron chi connectivity index (χ1n) is 4.58. The fourth-order valence-electron chi connectivity index (χ4n) is 1.32. The van der Waals surface area contributed by atoms with Gasteiger partial charge in [-0.3, -0.25) is 0 Å². The molecule has 0 heterocycles. The minimum absolute atomic E-state index is 0.134. The summed E-state index contributed by atoms with van der Waals surface area (Å²) in [7, 11) is 1.15. The highest BCUT2D eigenvalue weighted by Gasteiger charge is 2.24. The van der Waals surface area contributed by atoms with Gasteiger partial charge >= 0.3 is 0 Å². The van der Waals surface area contributed by atoms with Crippen LogP contribution in [0.25, 0.3) is 0 Å². The van der Waals surface area contributed by atoms with E-state index >= 15 is 0 Å². The Morgan fingerprint density at radius 3 is 2.44 bits per heavy atom. The van der Waals surface area contributed by atoms with Crippen LogP contribution in [-0.4, -0.2) is 23.4 Å². The normalized spacial score (nSPS) is 14.6. The van der Waals surface area contributed by atoms with Crippen LogP contribution >= 0.6 is 0 Å². The van der Waals surface area contributed by atoms with Crippen molar-refractivity contribution >= 4 is 0 Å². The zero-order valence-electron chi connectivity index (χ0n) is 8.87. The molecule has 1 aromatic carbocycles. The Bertz CT molecular complexity index is 396. The summed E-state index contributed by atoms with van der Waals surface area (Å²) < 4.78 is 31.1. The summed E-state index contributed by atoms with van der Waals surface area (Å²) in [6.07, 6.45) is -1.28. The van der Waals surface area contributed by atoms with Gasteiger partial charge in [0.25, 0.3) is 0 Å². The van der Waals surface area contributed by atoms with Crippen LogP contribution < -0.4 is 10.5 Å². The van der Waals surface area contributed by atoms with Crippen LogP contribution in [0.2, 0.25) is 0 Å². The van der Waals surface area contributed by atoms with Gasteiger partial charge in [0.05, 0.1) is 13.2 Å². The van der Waals surface area contributed by atoms with Gasteiger partial charge in [0.2, 0.25) is 5.82 Å². The van der Waals surface area contributed by atoms with E-state index < -0.39 is 35.3 Å². The van der Waals surface area contributed by atoms with Crippen LogP contribution in [0.1, 0.15) is 18.6 Å². The third-order valence-electron chi connectivity index (χ3n) is 2.20. The molecule has 6 heteroatoms. The molecule has 0 amide bonds. The minimum Gasteiger partial charge on any atom is -0.503 e. The zero-order valence-corrected chi connectivity index (χ0v) is 8.87. The SMILES string of the molecule is COc1c(C(O)C(C)N)cc(F)c(O)c1F. The van der Waals surface area contributed by atoms with Crippen LogP contribution in [0, 0.1) is 11.6 Å². The number of hydrogen-bond acceptors (Lipinski definition) is 4. The highest BCUT2D eigenvalue weighted by atomic mass is 19.1. The van der Waals surface area contributed by atoms with Crippen LogP contribution in [0.4, 0.5) is 8.78 Å². The summed E-state index contributed by atoms with van der Waals surface area (Å²) >= 11 is 0. The van der Waals surface area contributed by atoms with E-state index in [1.807, 2.05) is 0 Å². The van der Waals surface area contributed by atoms with Gasteiger partial charge < -0.3 is 20.7 Å². The lowest BCUT2D eigenvalue weighted by Gasteiger charge is -2.18. The van der Waals surface area contributed by atoms with E-state index in [-0.39, 0.29) is 5.56 Å². The van der Waals surface area contributed by atoms with Gasteiger partial charge in [0, 0.05) is 11.6 Å². The highest BCUT2D eigenvalue weighted by Crippen LogP contribution is 2.36. The van der Waals surface area contributed by atoms with E-state index in [1.165, 1.54) is 6.92 Å². The monoisotopic (exact) mass is 233 g/mol. The van der Waals surface area contributed by atoms with Crippen molar-refractivity contribution in [3.63, 3.8) is 0 Å². The van der Waals surface area contributed by atoms with E-state index in [2.05, 4.69) is 4.74 Å². The maximum Gasteiger partial charge on any atom is 0.210 e. The first-order valence-corrected chi connectivity index (χ1v) is 4.58. The number of benzene rings is 1. The number of hydrogen-bond donors (Lipinski definition) is 3. The average Bonchev–Trinajstić information content (AvgIpc) is 2.24. The Balaban J connectivity index is 3.38. The van der Waals surface area contributed by atoms with Gasteiger partial charge in [0.1, 0.15) is 0 Å². The number of aliphatic hydroxyl groups excluding tert-OH is 1. The van der Waals surface area contributed by atoms with E-state index in [0.29, 0.717) is 0 Å². The van der Waals surface area contributed by atoms with Gasteiger partial charge in [-0.25, -0.2) is 4.39 Å². The maximum atomic E-state index is 13.4. The van der Waals surface area contributed by atoms with Crippen molar-refractivity contribution in [2.45, 2.75) is 19.1 Å². The van der Waals surface area contributed by atoms with Crippen molar-refractivity contribution in [3.05, 3.63) is 23.3 Å². The summed E-state index contributed by atoms with van der Waals surface area (Å²) in [6.45, 7) is 1.48. The molecule has 2 unspecified atom stereocenters. The van der Waals surface area contributed by atoms with Gasteiger partial charge in [-0.1, -0.05) is 0 Å². The minimum atomic E-state index is -1.28. The van der Waals surface area contributed by atoms with Crippen LogP contribution in [0.3, 0.4) is 0 Å². The Labute approximate surface area is 91.3 Å². The lowest BCUT2D eigenvalue weighted by molar-refractivity contribution is 0.147. The topological polar surface area (TPSA) is 75.7 Å². The molecule has 0 saturated carbocycles. The number of ether oxygens (including phenoxy) is 1. The standard InChI is InChI=1S/C10H13F2NO3/c1-4(13)8(14)5-3-6(11)9(15)7(12)10(5)16-2/h3-4,8,14-15H,13H2,1-2H3. The number of rotatable bonds is 3. The number of phenolic OH excluding ortho intramolecular Hbond substituents is 1. The Kier molecular flexibility index (Phi) is 3.66. The molecule has 0 bridgehead atoms. The molecular weight excluding hydrogens is 220 g/mol. The second kappa shape index (κ2) is 4.63. The molecule has 0 radical (unpaired) electrons. The van der Waals surface area contributed by atoms with E-state index in [1.54, 1.807) is 0 Å². The van der Waals surface area contributed by atoms with E-state index in [0.717, 1.165) is 13.2 Å². The van der Waals surface area contributed by atoms with Crippen molar-refractivity contribution in [2.24, 2.45) is 5.73 Å². The lowest BCUT2D eigenvalue weighted by Crippen LogP contribution is -2.25. The summed E-state index contributed by atoms with van der Waals surface area (Å²) in [4.78, 5) is 0. The third kappa shape index (κ3) is 2.07. The zero-order chi connectivity index (χ0) is 12.5. The largest absolute Gasteiger partial charge is 0.503 e. The predicted molar refractivity (Wildman–Crippen MR) is 53.2 cm³/mol. The number of methoxy groups -OCH3 is 1. The van der Waals surface area contributed by atoms with E-state index in [4.69, 9.17) is 10.8 Å². The molecule has 0 aliphatic carbocycles. The number of phenols is 1. The smallest absolute Gasteiger partial charge is 0.210 e. The Morgan fingerprint density at radius 2 is 2.00 bits per heavy atom. The molecule has 1 rings (SSSR count). The second-order valence-corrected chi connectivity index (χ2v) is 3.45. The fourth-order valence-corrected chi connectivity index (χ4v) is 1.32. The van der Waals surface area contributed by atoms with E-state index in [9.17, 15) is 13.9 Å². The van der Waals surface area contributed by atoms with Crippen molar-refractivity contribution in [1.29, 1.82) is 0 Å². The molecule has 0 spiro atoms. The van der Waals surface area contributed by atoms with Crippen LogP contribution in [-0.2, 0) is 0 Å². The summed E-state index contributed by atoms with van der Waals surface area (Å²) in [6, 6.07) is 0.0721. The van der Waals surface area contributed by atoms with Crippen molar-refractivity contribution in [3.8, 4) is 11.5 Å². The quantitative estimate of drug-likeness (QED) is 0.729. The van der Waals surface area contributed by atoms with Crippen molar-refractivity contribution < 1.29 is 23.7 Å². The predicted octanol–water partition coefficient (Wildman–Crippen LogP) is 1.06. The third-order valence-corrected chi connectivity index (χ3v) is 2.20. The molecule has 0 aliphatic heterocycles. The molecule has 0 aliphatic rings. The summed E-state index contributed by atoms with van der Waals surface area (Å²) in [5.41, 5.74) is 5.28. The Morgan fingerprint density at radius 1 is 1.44 bits per heavy atom. The maximum absolute atomic E-state index is 13.4. The number of halogens is 2.